The third kappa shape index (κ3) is 7.42. The number of carbonyl (C=O) groups excluding carboxylic acids is 3. The van der Waals surface area contributed by atoms with E-state index >= 15 is 0 Å². The highest BCUT2D eigenvalue weighted by Gasteiger charge is 2.16. The molecule has 0 fully saturated rings. The SMILES string of the molecule is CCOc1ccccc1/C=C(\NC(=O)c1ccccc1)C(=O)Nc1ccc(C(=O)/C=C/c2ccccc2C)cc1. The van der Waals surface area contributed by atoms with Crippen LogP contribution < -0.4 is 15.4 Å². The maximum absolute atomic E-state index is 13.4. The number of amides is 2. The summed E-state index contributed by atoms with van der Waals surface area (Å²) in [5.74, 6) is -0.498. The number of benzene rings is 4. The number of hydrogen-bond donors (Lipinski definition) is 2. The number of rotatable bonds is 10. The van der Waals surface area contributed by atoms with Gasteiger partial charge >= 0.3 is 0 Å². The van der Waals surface area contributed by atoms with Crippen LogP contribution in [-0.2, 0) is 4.79 Å². The molecule has 0 aliphatic rings. The fourth-order valence-corrected chi connectivity index (χ4v) is 3.94. The maximum Gasteiger partial charge on any atom is 0.272 e. The van der Waals surface area contributed by atoms with Crippen molar-refractivity contribution in [2.45, 2.75) is 13.8 Å². The normalized spacial score (nSPS) is 11.2. The highest BCUT2D eigenvalue weighted by atomic mass is 16.5. The van der Waals surface area contributed by atoms with Gasteiger partial charge in [-0.2, -0.15) is 0 Å². The van der Waals surface area contributed by atoms with Crippen LogP contribution in [0, 0.1) is 6.92 Å². The van der Waals surface area contributed by atoms with Crippen molar-refractivity contribution < 1.29 is 19.1 Å². The van der Waals surface area contributed by atoms with E-state index in [-0.39, 0.29) is 11.5 Å². The highest BCUT2D eigenvalue weighted by Crippen LogP contribution is 2.22. The molecule has 0 aliphatic carbocycles. The average Bonchev–Trinajstić information content (AvgIpc) is 2.98. The Balaban J connectivity index is 1.53. The molecule has 2 N–H and O–H groups in total. The van der Waals surface area contributed by atoms with E-state index in [2.05, 4.69) is 10.6 Å². The molecule has 0 radical (unpaired) electrons. The van der Waals surface area contributed by atoms with Crippen LogP contribution >= 0.6 is 0 Å². The Morgan fingerprint density at radius 1 is 0.750 bits per heavy atom. The van der Waals surface area contributed by atoms with Gasteiger partial charge in [0.1, 0.15) is 11.4 Å². The first kappa shape index (κ1) is 27.8. The summed E-state index contributed by atoms with van der Waals surface area (Å²) >= 11 is 0. The Labute approximate surface area is 234 Å². The van der Waals surface area contributed by atoms with Crippen LogP contribution in [0.3, 0.4) is 0 Å². The summed E-state index contributed by atoms with van der Waals surface area (Å²) in [6.07, 6.45) is 4.90. The van der Waals surface area contributed by atoms with E-state index in [1.807, 2.05) is 56.3 Å². The molecule has 0 saturated heterocycles. The molecule has 2 amide bonds. The lowest BCUT2D eigenvalue weighted by Gasteiger charge is -2.13. The molecule has 0 heterocycles. The number of para-hydroxylation sites is 1. The third-order valence-electron chi connectivity index (χ3n) is 6.08. The van der Waals surface area contributed by atoms with Gasteiger partial charge in [0.15, 0.2) is 5.78 Å². The number of allylic oxidation sites excluding steroid dienone is 1. The van der Waals surface area contributed by atoms with E-state index in [4.69, 9.17) is 4.74 Å². The molecule has 0 saturated carbocycles. The zero-order valence-corrected chi connectivity index (χ0v) is 22.4. The van der Waals surface area contributed by atoms with Crippen LogP contribution in [0.1, 0.15) is 44.3 Å². The van der Waals surface area contributed by atoms with Gasteiger partial charge in [0.05, 0.1) is 6.61 Å². The van der Waals surface area contributed by atoms with Gasteiger partial charge in [-0.05, 0) is 79.6 Å². The zero-order chi connectivity index (χ0) is 28.3. The van der Waals surface area contributed by atoms with Gasteiger partial charge in [-0.1, -0.05) is 66.7 Å². The lowest BCUT2D eigenvalue weighted by molar-refractivity contribution is -0.113. The van der Waals surface area contributed by atoms with E-state index in [1.54, 1.807) is 72.8 Å². The van der Waals surface area contributed by atoms with Crippen molar-refractivity contribution in [1.82, 2.24) is 5.32 Å². The smallest absolute Gasteiger partial charge is 0.272 e. The number of nitrogens with one attached hydrogen (secondary N) is 2. The Kier molecular flexibility index (Phi) is 9.40. The van der Waals surface area contributed by atoms with Gasteiger partial charge in [-0.15, -0.1) is 0 Å². The number of aryl methyl sites for hydroxylation is 1. The van der Waals surface area contributed by atoms with Gasteiger partial charge in [0.2, 0.25) is 0 Å². The van der Waals surface area contributed by atoms with Crippen LogP contribution in [-0.4, -0.2) is 24.2 Å². The summed E-state index contributed by atoms with van der Waals surface area (Å²) in [5.41, 5.74) is 4.12. The van der Waals surface area contributed by atoms with Crippen LogP contribution in [0.5, 0.6) is 5.75 Å². The van der Waals surface area contributed by atoms with Crippen LogP contribution in [0.15, 0.2) is 115 Å². The Morgan fingerprint density at radius 2 is 1.40 bits per heavy atom. The predicted molar refractivity (Wildman–Crippen MR) is 159 cm³/mol. The first-order valence-corrected chi connectivity index (χ1v) is 12.9. The van der Waals surface area contributed by atoms with Crippen molar-refractivity contribution >= 4 is 35.4 Å². The standard InChI is InChI=1S/C34H30N2O4/c1-3-40-32-16-10-9-15-28(32)23-30(36-33(38)27-13-5-4-6-14-27)34(39)35-29-20-17-26(18-21-29)31(37)22-19-25-12-8-7-11-24(25)2/h4-23H,3H2,1-2H3,(H,35,39)(H,36,38)/b22-19+,30-23-. The molecule has 0 spiro atoms. The van der Waals surface area contributed by atoms with Gasteiger partial charge in [0.25, 0.3) is 11.8 Å². The quantitative estimate of drug-likeness (QED) is 0.177. The molecule has 40 heavy (non-hydrogen) atoms. The lowest BCUT2D eigenvalue weighted by atomic mass is 10.1. The molecule has 0 bridgehead atoms. The summed E-state index contributed by atoms with van der Waals surface area (Å²) < 4.78 is 5.69. The second kappa shape index (κ2) is 13.5. The molecule has 4 aromatic rings. The van der Waals surface area contributed by atoms with Gasteiger partial charge in [0, 0.05) is 22.4 Å². The van der Waals surface area contributed by atoms with Crippen LogP contribution in [0.2, 0.25) is 0 Å². The minimum absolute atomic E-state index is 0.0438. The number of hydrogen-bond acceptors (Lipinski definition) is 4. The number of ether oxygens (including phenoxy) is 1. The molecule has 0 aromatic heterocycles. The second-order valence-electron chi connectivity index (χ2n) is 8.93. The molecular weight excluding hydrogens is 500 g/mol. The summed E-state index contributed by atoms with van der Waals surface area (Å²) in [4.78, 5) is 38.9. The summed E-state index contributed by atoms with van der Waals surface area (Å²) in [7, 11) is 0. The van der Waals surface area contributed by atoms with Crippen molar-refractivity contribution in [1.29, 1.82) is 0 Å². The molecule has 4 rings (SSSR count). The molecule has 0 atom stereocenters. The van der Waals surface area contributed by atoms with Gasteiger partial charge in [-0.25, -0.2) is 0 Å². The molecular formula is C34H30N2O4. The summed E-state index contributed by atoms with van der Waals surface area (Å²) in [5, 5.41) is 5.54. The predicted octanol–water partition coefficient (Wildman–Crippen LogP) is 6.70. The topological polar surface area (TPSA) is 84.5 Å². The average molecular weight is 531 g/mol. The molecule has 200 valence electrons. The summed E-state index contributed by atoms with van der Waals surface area (Å²) in [6.45, 7) is 4.31. The fraction of sp³-hybridized carbons (Fsp3) is 0.0882. The van der Waals surface area contributed by atoms with Crippen molar-refractivity contribution in [2.75, 3.05) is 11.9 Å². The largest absolute Gasteiger partial charge is 0.493 e. The monoisotopic (exact) mass is 530 g/mol. The van der Waals surface area contributed by atoms with E-state index in [0.29, 0.717) is 34.7 Å². The van der Waals surface area contributed by atoms with E-state index in [1.165, 1.54) is 6.08 Å². The zero-order valence-electron chi connectivity index (χ0n) is 22.4. The fourth-order valence-electron chi connectivity index (χ4n) is 3.94. The Bertz CT molecular complexity index is 1550. The number of ketones is 1. The molecule has 6 heteroatoms. The number of anilines is 1. The van der Waals surface area contributed by atoms with E-state index < -0.39 is 11.8 Å². The lowest BCUT2D eigenvalue weighted by Crippen LogP contribution is -2.30. The molecule has 4 aromatic carbocycles. The second-order valence-corrected chi connectivity index (χ2v) is 8.93. The number of carbonyl (C=O) groups is 3. The first-order chi connectivity index (χ1) is 19.4. The summed E-state index contributed by atoms with van der Waals surface area (Å²) in [6, 6.07) is 30.3. The highest BCUT2D eigenvalue weighted by molar-refractivity contribution is 6.11. The van der Waals surface area contributed by atoms with Crippen molar-refractivity contribution in [3.05, 3.63) is 143 Å². The minimum atomic E-state index is -0.519. The van der Waals surface area contributed by atoms with E-state index in [9.17, 15) is 14.4 Å². The molecule has 0 aliphatic heterocycles. The molecule has 6 nitrogen and oxygen atoms in total. The Morgan fingerprint density at radius 3 is 2.10 bits per heavy atom. The van der Waals surface area contributed by atoms with Crippen molar-refractivity contribution in [3.8, 4) is 5.75 Å². The Hall–Kier alpha value is -5.23. The van der Waals surface area contributed by atoms with Crippen LogP contribution in [0.4, 0.5) is 5.69 Å². The van der Waals surface area contributed by atoms with Crippen molar-refractivity contribution in [3.63, 3.8) is 0 Å². The molecule has 0 unspecified atom stereocenters. The van der Waals surface area contributed by atoms with E-state index in [0.717, 1.165) is 11.1 Å². The van der Waals surface area contributed by atoms with Crippen molar-refractivity contribution in [2.24, 2.45) is 0 Å². The first-order valence-electron chi connectivity index (χ1n) is 12.9. The van der Waals surface area contributed by atoms with Gasteiger partial charge < -0.3 is 15.4 Å². The van der Waals surface area contributed by atoms with Gasteiger partial charge in [-0.3, -0.25) is 14.4 Å². The maximum atomic E-state index is 13.4. The van der Waals surface area contributed by atoms with Crippen LogP contribution in [0.25, 0.3) is 12.2 Å². The minimum Gasteiger partial charge on any atom is -0.493 e. The third-order valence-corrected chi connectivity index (χ3v) is 6.08.